The van der Waals surface area contributed by atoms with E-state index in [2.05, 4.69) is 10.6 Å². The SMILES string of the molecule is O=C1Nc2cccc3cc(NC[C@H](O)CCCl)cc1c23. The molecule has 1 heterocycles. The molecular weight excluding hydrogens is 276 g/mol. The molecule has 0 radical (unpaired) electrons. The number of nitrogens with one attached hydrogen (secondary N) is 2. The van der Waals surface area contributed by atoms with E-state index in [0.29, 0.717) is 24.4 Å². The van der Waals surface area contributed by atoms with E-state index in [9.17, 15) is 9.90 Å². The predicted molar refractivity (Wildman–Crippen MR) is 81.7 cm³/mol. The quantitative estimate of drug-likeness (QED) is 0.742. The van der Waals surface area contributed by atoms with Crippen LogP contribution in [-0.4, -0.2) is 29.5 Å². The van der Waals surface area contributed by atoms with Crippen LogP contribution in [0.15, 0.2) is 30.3 Å². The number of rotatable bonds is 5. The third kappa shape index (κ3) is 2.32. The molecule has 2 aromatic rings. The van der Waals surface area contributed by atoms with Crippen molar-refractivity contribution in [1.29, 1.82) is 0 Å². The fraction of sp³-hybridized carbons (Fsp3) is 0.267. The Kier molecular flexibility index (Phi) is 3.51. The maximum absolute atomic E-state index is 11.9. The number of carbonyl (C=O) groups excluding carboxylic acids is 1. The number of hydrogen-bond donors (Lipinski definition) is 3. The zero-order chi connectivity index (χ0) is 14.1. The number of amides is 1. The number of anilines is 2. The summed E-state index contributed by atoms with van der Waals surface area (Å²) in [5.41, 5.74) is 2.36. The van der Waals surface area contributed by atoms with Crippen LogP contribution in [-0.2, 0) is 0 Å². The Morgan fingerprint density at radius 3 is 3.00 bits per heavy atom. The minimum atomic E-state index is -0.489. The van der Waals surface area contributed by atoms with Crippen molar-refractivity contribution in [3.8, 4) is 0 Å². The van der Waals surface area contributed by atoms with Crippen LogP contribution in [0.1, 0.15) is 16.8 Å². The molecule has 1 aliphatic rings. The zero-order valence-electron chi connectivity index (χ0n) is 10.8. The van der Waals surface area contributed by atoms with E-state index in [1.54, 1.807) is 0 Å². The second kappa shape index (κ2) is 5.31. The van der Waals surface area contributed by atoms with Gasteiger partial charge in [0.25, 0.3) is 5.91 Å². The molecule has 1 aliphatic heterocycles. The number of carbonyl (C=O) groups is 1. The van der Waals surface area contributed by atoms with Crippen LogP contribution in [0.5, 0.6) is 0 Å². The van der Waals surface area contributed by atoms with Crippen molar-refractivity contribution in [1.82, 2.24) is 0 Å². The molecule has 1 amide bonds. The molecule has 0 bridgehead atoms. The minimum absolute atomic E-state index is 0.0823. The summed E-state index contributed by atoms with van der Waals surface area (Å²) in [6, 6.07) is 9.59. The maximum Gasteiger partial charge on any atom is 0.256 e. The molecule has 0 saturated heterocycles. The number of aliphatic hydroxyl groups excluding tert-OH is 1. The van der Waals surface area contributed by atoms with Crippen LogP contribution in [0.4, 0.5) is 11.4 Å². The highest BCUT2D eigenvalue weighted by Crippen LogP contribution is 2.35. The summed E-state index contributed by atoms with van der Waals surface area (Å²) in [7, 11) is 0. The molecule has 0 aromatic heterocycles. The first-order chi connectivity index (χ1) is 9.69. The molecule has 3 rings (SSSR count). The van der Waals surface area contributed by atoms with Crippen LogP contribution in [0.3, 0.4) is 0 Å². The van der Waals surface area contributed by atoms with Gasteiger partial charge in [-0.2, -0.15) is 0 Å². The molecule has 3 N–H and O–H groups in total. The molecule has 0 aliphatic carbocycles. The Labute approximate surface area is 121 Å². The average molecular weight is 291 g/mol. The number of alkyl halides is 1. The summed E-state index contributed by atoms with van der Waals surface area (Å²) in [6.45, 7) is 0.416. The lowest BCUT2D eigenvalue weighted by Crippen LogP contribution is -2.19. The van der Waals surface area contributed by atoms with E-state index < -0.39 is 6.10 Å². The normalized spacial score (nSPS) is 14.4. The van der Waals surface area contributed by atoms with Gasteiger partial charge < -0.3 is 15.7 Å². The monoisotopic (exact) mass is 290 g/mol. The van der Waals surface area contributed by atoms with Gasteiger partial charge in [0.15, 0.2) is 0 Å². The van der Waals surface area contributed by atoms with Gasteiger partial charge in [-0.05, 0) is 30.0 Å². The topological polar surface area (TPSA) is 61.4 Å². The number of halogens is 1. The van der Waals surface area contributed by atoms with Gasteiger partial charge in [-0.1, -0.05) is 12.1 Å². The van der Waals surface area contributed by atoms with E-state index in [1.165, 1.54) is 0 Å². The first-order valence-corrected chi connectivity index (χ1v) is 7.08. The Bertz CT molecular complexity index is 672. The first-order valence-electron chi connectivity index (χ1n) is 6.55. The van der Waals surface area contributed by atoms with Crippen LogP contribution in [0, 0.1) is 0 Å². The fourth-order valence-corrected chi connectivity index (χ4v) is 2.72. The largest absolute Gasteiger partial charge is 0.391 e. The van der Waals surface area contributed by atoms with Crippen LogP contribution in [0.2, 0.25) is 0 Å². The Hall–Kier alpha value is -1.78. The third-order valence-electron chi connectivity index (χ3n) is 3.45. The van der Waals surface area contributed by atoms with Gasteiger partial charge in [-0.15, -0.1) is 11.6 Å². The van der Waals surface area contributed by atoms with Crippen molar-refractivity contribution in [3.05, 3.63) is 35.9 Å². The van der Waals surface area contributed by atoms with Gasteiger partial charge >= 0.3 is 0 Å². The first kappa shape index (κ1) is 13.2. The molecule has 0 saturated carbocycles. The van der Waals surface area contributed by atoms with Gasteiger partial charge in [0.05, 0.1) is 11.7 Å². The summed E-state index contributed by atoms with van der Waals surface area (Å²) in [5.74, 6) is 0.346. The molecule has 5 heteroatoms. The van der Waals surface area contributed by atoms with Gasteiger partial charge in [-0.25, -0.2) is 0 Å². The van der Waals surface area contributed by atoms with E-state index >= 15 is 0 Å². The van der Waals surface area contributed by atoms with Crippen LogP contribution in [0.25, 0.3) is 10.8 Å². The molecule has 0 fully saturated rings. The summed E-state index contributed by atoms with van der Waals surface area (Å²) < 4.78 is 0. The fourth-order valence-electron chi connectivity index (χ4n) is 2.47. The lowest BCUT2D eigenvalue weighted by molar-refractivity contribution is 0.103. The number of benzene rings is 2. The lowest BCUT2D eigenvalue weighted by atomic mass is 10.0. The molecule has 0 unspecified atom stereocenters. The van der Waals surface area contributed by atoms with Gasteiger partial charge in [-0.3, -0.25) is 4.79 Å². The van der Waals surface area contributed by atoms with E-state index in [0.717, 1.165) is 22.1 Å². The van der Waals surface area contributed by atoms with Crippen molar-refractivity contribution < 1.29 is 9.90 Å². The highest BCUT2D eigenvalue weighted by atomic mass is 35.5. The molecule has 20 heavy (non-hydrogen) atoms. The van der Waals surface area contributed by atoms with Gasteiger partial charge in [0.2, 0.25) is 0 Å². The highest BCUT2D eigenvalue weighted by molar-refractivity contribution is 6.24. The van der Waals surface area contributed by atoms with Gasteiger partial charge in [0.1, 0.15) is 0 Å². The highest BCUT2D eigenvalue weighted by Gasteiger charge is 2.21. The van der Waals surface area contributed by atoms with Crippen LogP contribution >= 0.6 is 11.6 Å². The Balaban J connectivity index is 1.90. The summed E-state index contributed by atoms with van der Waals surface area (Å²) in [4.78, 5) is 11.9. The predicted octanol–water partition coefficient (Wildman–Crippen LogP) is 2.81. The standard InChI is InChI=1S/C15H15ClN2O2/c16-5-4-11(19)8-17-10-6-9-2-1-3-13-14(9)12(7-10)15(20)18-13/h1-3,6-7,11,17,19H,4-5,8H2,(H,18,20)/t11-/m1/s1. The van der Waals surface area contributed by atoms with Gasteiger partial charge in [0, 0.05) is 29.2 Å². The van der Waals surface area contributed by atoms with Crippen molar-refractivity contribution in [2.45, 2.75) is 12.5 Å². The molecule has 4 nitrogen and oxygen atoms in total. The molecule has 2 aromatic carbocycles. The number of aliphatic hydroxyl groups is 1. The van der Waals surface area contributed by atoms with E-state index in [1.807, 2.05) is 30.3 Å². The Morgan fingerprint density at radius 2 is 2.20 bits per heavy atom. The molecular formula is C15H15ClN2O2. The minimum Gasteiger partial charge on any atom is -0.391 e. The summed E-state index contributed by atoms with van der Waals surface area (Å²) >= 11 is 5.59. The molecule has 0 spiro atoms. The Morgan fingerprint density at radius 1 is 1.35 bits per heavy atom. The second-order valence-corrected chi connectivity index (χ2v) is 5.27. The lowest BCUT2D eigenvalue weighted by Gasteiger charge is -2.12. The summed E-state index contributed by atoms with van der Waals surface area (Å²) in [5, 5.41) is 17.7. The maximum atomic E-state index is 11.9. The third-order valence-corrected chi connectivity index (χ3v) is 3.67. The van der Waals surface area contributed by atoms with Crippen molar-refractivity contribution in [2.75, 3.05) is 23.1 Å². The smallest absolute Gasteiger partial charge is 0.256 e. The average Bonchev–Trinajstić information content (AvgIpc) is 2.75. The molecule has 1 atom stereocenters. The van der Waals surface area contributed by atoms with Crippen molar-refractivity contribution >= 4 is 39.7 Å². The van der Waals surface area contributed by atoms with Crippen LogP contribution < -0.4 is 10.6 Å². The van der Waals surface area contributed by atoms with Crippen molar-refractivity contribution in [2.24, 2.45) is 0 Å². The van der Waals surface area contributed by atoms with E-state index in [4.69, 9.17) is 11.6 Å². The molecule has 104 valence electrons. The summed E-state index contributed by atoms with van der Waals surface area (Å²) in [6.07, 6.45) is 0.0523. The van der Waals surface area contributed by atoms with E-state index in [-0.39, 0.29) is 5.91 Å². The number of hydrogen-bond acceptors (Lipinski definition) is 3. The zero-order valence-corrected chi connectivity index (χ0v) is 11.6. The van der Waals surface area contributed by atoms with Crippen molar-refractivity contribution in [3.63, 3.8) is 0 Å². The second-order valence-electron chi connectivity index (χ2n) is 4.89.